The molecule has 110 valence electrons. The minimum Gasteiger partial charge on any atom is -0.460 e. The third kappa shape index (κ3) is 2.91. The van der Waals surface area contributed by atoms with Crippen LogP contribution in [0, 0.1) is 5.41 Å². The van der Waals surface area contributed by atoms with Gasteiger partial charge in [-0.25, -0.2) is 0 Å². The maximum absolute atomic E-state index is 13.1. The summed E-state index contributed by atoms with van der Waals surface area (Å²) < 4.78 is 44.1. The van der Waals surface area contributed by atoms with Crippen LogP contribution in [0.4, 0.5) is 13.2 Å². The first-order valence-electron chi connectivity index (χ1n) is 6.04. The molecule has 2 rings (SSSR count). The molecule has 0 aromatic heterocycles. The van der Waals surface area contributed by atoms with E-state index in [1.165, 1.54) is 0 Å². The van der Waals surface area contributed by atoms with E-state index in [4.69, 9.17) is 16.3 Å². The zero-order chi connectivity index (χ0) is 14.8. The van der Waals surface area contributed by atoms with Crippen molar-refractivity contribution in [1.29, 1.82) is 0 Å². The predicted molar refractivity (Wildman–Crippen MR) is 67.2 cm³/mol. The molecule has 1 aromatic rings. The Morgan fingerprint density at radius 3 is 2.50 bits per heavy atom. The minimum absolute atomic E-state index is 0.148. The lowest BCUT2D eigenvalue weighted by Gasteiger charge is -2.28. The summed E-state index contributed by atoms with van der Waals surface area (Å²) in [6.45, 7) is -0.487. The maximum Gasteiger partial charge on any atom is 0.406 e. The van der Waals surface area contributed by atoms with Gasteiger partial charge >= 0.3 is 12.1 Å². The quantitative estimate of drug-likeness (QED) is 0.873. The van der Waals surface area contributed by atoms with Gasteiger partial charge in [0.15, 0.2) is 5.41 Å². The molecule has 1 unspecified atom stereocenters. The number of ether oxygens (including phenoxy) is 1. The number of rotatable bonds is 3. The van der Waals surface area contributed by atoms with Gasteiger partial charge < -0.3 is 10.1 Å². The van der Waals surface area contributed by atoms with Gasteiger partial charge in [0.1, 0.15) is 6.61 Å². The molecule has 3 nitrogen and oxygen atoms in total. The molecule has 1 fully saturated rings. The molecule has 1 aromatic carbocycles. The van der Waals surface area contributed by atoms with E-state index in [2.05, 4.69) is 5.32 Å². The van der Waals surface area contributed by atoms with Gasteiger partial charge in [-0.3, -0.25) is 4.79 Å². The molecule has 20 heavy (non-hydrogen) atoms. The average Bonchev–Trinajstić information content (AvgIpc) is 2.88. The van der Waals surface area contributed by atoms with E-state index in [0.717, 1.165) is 0 Å². The van der Waals surface area contributed by atoms with Gasteiger partial charge in [-0.1, -0.05) is 23.7 Å². The highest BCUT2D eigenvalue weighted by molar-refractivity contribution is 6.30. The molecule has 0 bridgehead atoms. The number of nitrogens with one attached hydrogen (secondary N) is 1. The molecule has 0 aliphatic carbocycles. The molecule has 1 atom stereocenters. The zero-order valence-corrected chi connectivity index (χ0v) is 11.2. The van der Waals surface area contributed by atoms with Gasteiger partial charge in [-0.2, -0.15) is 13.2 Å². The summed E-state index contributed by atoms with van der Waals surface area (Å²) in [5, 5.41) is 3.07. The highest BCUT2D eigenvalue weighted by atomic mass is 35.5. The molecule has 1 N–H and O–H groups in total. The van der Waals surface area contributed by atoms with Gasteiger partial charge in [0.25, 0.3) is 0 Å². The first-order chi connectivity index (χ1) is 9.35. The van der Waals surface area contributed by atoms with Crippen molar-refractivity contribution in [3.05, 3.63) is 34.9 Å². The van der Waals surface area contributed by atoms with E-state index in [1.54, 1.807) is 24.3 Å². The van der Waals surface area contributed by atoms with Gasteiger partial charge in [-0.15, -0.1) is 0 Å². The molecule has 0 radical (unpaired) electrons. The third-order valence-electron chi connectivity index (χ3n) is 3.37. The second kappa shape index (κ2) is 5.61. The van der Waals surface area contributed by atoms with Crippen LogP contribution in [0.15, 0.2) is 24.3 Å². The van der Waals surface area contributed by atoms with Crippen molar-refractivity contribution < 1.29 is 22.7 Å². The Labute approximate surface area is 119 Å². The van der Waals surface area contributed by atoms with E-state index in [9.17, 15) is 18.0 Å². The molecule has 0 amide bonds. The highest BCUT2D eigenvalue weighted by Gasteiger charge is 2.62. The van der Waals surface area contributed by atoms with E-state index < -0.39 is 24.1 Å². The lowest BCUT2D eigenvalue weighted by Crippen LogP contribution is -2.47. The van der Waals surface area contributed by atoms with Crippen LogP contribution in [0.3, 0.4) is 0 Å². The number of halogens is 4. The maximum atomic E-state index is 13.1. The monoisotopic (exact) mass is 307 g/mol. The summed E-state index contributed by atoms with van der Waals surface area (Å²) in [7, 11) is 0. The second-order valence-corrected chi connectivity index (χ2v) is 5.15. The van der Waals surface area contributed by atoms with Crippen LogP contribution in [0.5, 0.6) is 0 Å². The second-order valence-electron chi connectivity index (χ2n) is 4.71. The third-order valence-corrected chi connectivity index (χ3v) is 3.62. The lowest BCUT2D eigenvalue weighted by molar-refractivity contribution is -0.229. The first-order valence-corrected chi connectivity index (χ1v) is 6.42. The van der Waals surface area contributed by atoms with Gasteiger partial charge in [0, 0.05) is 11.6 Å². The number of hydrogen-bond acceptors (Lipinski definition) is 3. The molecular weight excluding hydrogens is 295 g/mol. The molecule has 1 aliphatic heterocycles. The van der Waals surface area contributed by atoms with Crippen molar-refractivity contribution in [1.82, 2.24) is 5.32 Å². The van der Waals surface area contributed by atoms with E-state index in [1.807, 2.05) is 0 Å². The fourth-order valence-electron chi connectivity index (χ4n) is 2.09. The fraction of sp³-hybridized carbons (Fsp3) is 0.462. The van der Waals surface area contributed by atoms with Crippen molar-refractivity contribution in [2.75, 3.05) is 13.1 Å². The summed E-state index contributed by atoms with van der Waals surface area (Å²) in [6, 6.07) is 6.37. The summed E-state index contributed by atoms with van der Waals surface area (Å²) >= 11 is 5.70. The van der Waals surface area contributed by atoms with Gasteiger partial charge in [0.05, 0.1) is 0 Å². The van der Waals surface area contributed by atoms with Crippen LogP contribution in [0.2, 0.25) is 5.02 Å². The summed E-state index contributed by atoms with van der Waals surface area (Å²) in [4.78, 5) is 11.8. The van der Waals surface area contributed by atoms with E-state index in [0.29, 0.717) is 10.6 Å². The Hall–Kier alpha value is -1.27. The minimum atomic E-state index is -4.62. The van der Waals surface area contributed by atoms with Crippen molar-refractivity contribution in [2.24, 2.45) is 5.41 Å². The average molecular weight is 308 g/mol. The van der Waals surface area contributed by atoms with Crippen molar-refractivity contribution in [2.45, 2.75) is 19.2 Å². The number of alkyl halides is 3. The molecule has 0 saturated carbocycles. The van der Waals surface area contributed by atoms with Crippen molar-refractivity contribution in [3.8, 4) is 0 Å². The summed E-state index contributed by atoms with van der Waals surface area (Å²) in [6.07, 6.45) is -4.91. The summed E-state index contributed by atoms with van der Waals surface area (Å²) in [5.41, 5.74) is -1.84. The molecule has 1 aliphatic rings. The number of hydrogen-bond donors (Lipinski definition) is 1. The molecule has 0 spiro atoms. The topological polar surface area (TPSA) is 38.3 Å². The van der Waals surface area contributed by atoms with Crippen molar-refractivity contribution >= 4 is 17.6 Å². The Kier molecular flexibility index (Phi) is 4.25. The number of benzene rings is 1. The Morgan fingerprint density at radius 1 is 1.35 bits per heavy atom. The van der Waals surface area contributed by atoms with Crippen LogP contribution < -0.4 is 5.32 Å². The number of carbonyl (C=O) groups excluding carboxylic acids is 1. The highest BCUT2D eigenvalue weighted by Crippen LogP contribution is 2.44. The van der Waals surface area contributed by atoms with Crippen LogP contribution >= 0.6 is 11.6 Å². The SMILES string of the molecule is O=C(OCc1ccc(Cl)cc1)C1(C(F)(F)F)CCNC1. The van der Waals surface area contributed by atoms with Crippen LogP contribution in [-0.4, -0.2) is 25.2 Å². The number of carbonyl (C=O) groups is 1. The van der Waals surface area contributed by atoms with Gasteiger partial charge in [-0.05, 0) is 30.7 Å². The lowest BCUT2D eigenvalue weighted by atomic mass is 9.86. The zero-order valence-electron chi connectivity index (χ0n) is 10.5. The predicted octanol–water partition coefficient (Wildman–Crippen LogP) is 2.93. The van der Waals surface area contributed by atoms with E-state index in [-0.39, 0.29) is 19.6 Å². The summed E-state index contributed by atoms with van der Waals surface area (Å²) in [5.74, 6) is -1.23. The number of esters is 1. The van der Waals surface area contributed by atoms with Gasteiger partial charge in [0.2, 0.25) is 0 Å². The molecular formula is C13H13ClF3NO2. The Balaban J connectivity index is 2.05. The largest absolute Gasteiger partial charge is 0.460 e. The smallest absolute Gasteiger partial charge is 0.406 e. The molecule has 1 saturated heterocycles. The Bertz CT molecular complexity index is 481. The van der Waals surface area contributed by atoms with Crippen LogP contribution in [0.25, 0.3) is 0 Å². The Morgan fingerprint density at radius 2 is 2.00 bits per heavy atom. The standard InChI is InChI=1S/C13H13ClF3NO2/c14-10-3-1-9(2-4-10)7-20-11(19)12(13(15,16)17)5-6-18-8-12/h1-4,18H,5-8H2. The van der Waals surface area contributed by atoms with Crippen molar-refractivity contribution in [3.63, 3.8) is 0 Å². The molecule has 1 heterocycles. The molecule has 7 heteroatoms. The fourth-order valence-corrected chi connectivity index (χ4v) is 2.22. The normalized spacial score (nSPS) is 22.8. The van der Waals surface area contributed by atoms with E-state index >= 15 is 0 Å². The van der Waals surface area contributed by atoms with Crippen LogP contribution in [-0.2, 0) is 16.1 Å². The van der Waals surface area contributed by atoms with Crippen LogP contribution in [0.1, 0.15) is 12.0 Å². The first kappa shape index (κ1) is 15.1.